The van der Waals surface area contributed by atoms with E-state index in [2.05, 4.69) is 46.8 Å². The molecule has 146 valence electrons. The van der Waals surface area contributed by atoms with Crippen LogP contribution in [0.3, 0.4) is 0 Å². The lowest BCUT2D eigenvalue weighted by Gasteiger charge is -2.03. The Hall–Kier alpha value is -2.51. The Kier molecular flexibility index (Phi) is 6.59. The maximum atomic E-state index is 12.3. The summed E-state index contributed by atoms with van der Waals surface area (Å²) in [4.78, 5) is 31.1. The van der Waals surface area contributed by atoms with Crippen LogP contribution in [-0.4, -0.2) is 16.8 Å². The number of carbonyl (C=O) groups excluding carboxylic acids is 2. The number of anilines is 1. The Morgan fingerprint density at radius 3 is 2.50 bits per heavy atom. The SMILES string of the molecule is CC(=O)NCc1ccc(-c2nc(NC(=O)CCc3ccc(C)cc3)sc2C)s1. The van der Waals surface area contributed by atoms with Crippen molar-refractivity contribution in [3.8, 4) is 10.6 Å². The Bertz CT molecular complexity index is 974. The van der Waals surface area contributed by atoms with Gasteiger partial charge in [0.15, 0.2) is 5.13 Å². The molecular weight excluding hydrogens is 390 g/mol. The molecule has 5 nitrogen and oxygen atoms in total. The molecule has 0 bridgehead atoms. The molecule has 0 aliphatic heterocycles. The fourth-order valence-corrected chi connectivity index (χ4v) is 4.59. The first kappa shape index (κ1) is 20.2. The highest BCUT2D eigenvalue weighted by atomic mass is 32.1. The number of aromatic nitrogens is 1. The van der Waals surface area contributed by atoms with E-state index in [0.29, 0.717) is 24.5 Å². The van der Waals surface area contributed by atoms with Gasteiger partial charge in [-0.1, -0.05) is 29.8 Å². The van der Waals surface area contributed by atoms with Crippen LogP contribution in [0.2, 0.25) is 0 Å². The third-order valence-electron chi connectivity index (χ3n) is 4.21. The summed E-state index contributed by atoms with van der Waals surface area (Å²) in [6, 6.07) is 12.2. The molecule has 2 N–H and O–H groups in total. The number of amides is 2. The maximum absolute atomic E-state index is 12.3. The highest BCUT2D eigenvalue weighted by Gasteiger charge is 2.14. The van der Waals surface area contributed by atoms with Gasteiger partial charge in [0.25, 0.3) is 0 Å². The van der Waals surface area contributed by atoms with Crippen molar-refractivity contribution >= 4 is 39.6 Å². The van der Waals surface area contributed by atoms with Crippen LogP contribution in [0.15, 0.2) is 36.4 Å². The Balaban J connectivity index is 1.59. The molecule has 0 fully saturated rings. The fourth-order valence-electron chi connectivity index (χ4n) is 2.68. The van der Waals surface area contributed by atoms with Gasteiger partial charge in [-0.05, 0) is 38.0 Å². The summed E-state index contributed by atoms with van der Waals surface area (Å²) in [5.41, 5.74) is 3.26. The van der Waals surface area contributed by atoms with Gasteiger partial charge < -0.3 is 10.6 Å². The quantitative estimate of drug-likeness (QED) is 0.590. The topological polar surface area (TPSA) is 71.1 Å². The summed E-state index contributed by atoms with van der Waals surface area (Å²) < 4.78 is 0. The molecule has 2 heterocycles. The lowest BCUT2D eigenvalue weighted by molar-refractivity contribution is -0.119. The average molecular weight is 414 g/mol. The number of thiophene rings is 1. The van der Waals surface area contributed by atoms with Gasteiger partial charge >= 0.3 is 0 Å². The molecule has 2 amide bonds. The van der Waals surface area contributed by atoms with Crippen LogP contribution < -0.4 is 10.6 Å². The van der Waals surface area contributed by atoms with E-state index in [4.69, 9.17) is 0 Å². The van der Waals surface area contributed by atoms with Crippen molar-refractivity contribution in [2.75, 3.05) is 5.32 Å². The van der Waals surface area contributed by atoms with Gasteiger partial charge in [0.05, 0.1) is 17.1 Å². The third-order valence-corrected chi connectivity index (χ3v) is 6.19. The molecule has 28 heavy (non-hydrogen) atoms. The Morgan fingerprint density at radius 2 is 1.79 bits per heavy atom. The zero-order valence-electron chi connectivity index (χ0n) is 16.2. The maximum Gasteiger partial charge on any atom is 0.226 e. The van der Waals surface area contributed by atoms with E-state index in [1.54, 1.807) is 11.3 Å². The van der Waals surface area contributed by atoms with E-state index < -0.39 is 0 Å². The van der Waals surface area contributed by atoms with Crippen molar-refractivity contribution in [3.05, 3.63) is 57.3 Å². The summed E-state index contributed by atoms with van der Waals surface area (Å²) in [6.45, 7) is 6.08. The lowest BCUT2D eigenvalue weighted by Crippen LogP contribution is -2.17. The van der Waals surface area contributed by atoms with E-state index in [-0.39, 0.29) is 11.8 Å². The van der Waals surface area contributed by atoms with Crippen LogP contribution in [-0.2, 0) is 22.6 Å². The summed E-state index contributed by atoms with van der Waals surface area (Å²) in [5.74, 6) is -0.0752. The van der Waals surface area contributed by atoms with Crippen LogP contribution >= 0.6 is 22.7 Å². The van der Waals surface area contributed by atoms with Crippen molar-refractivity contribution in [3.63, 3.8) is 0 Å². The first-order chi connectivity index (χ1) is 13.4. The molecule has 0 unspecified atom stereocenters. The van der Waals surface area contributed by atoms with Gasteiger partial charge in [-0.2, -0.15) is 0 Å². The van der Waals surface area contributed by atoms with E-state index in [0.717, 1.165) is 25.9 Å². The first-order valence-electron chi connectivity index (χ1n) is 9.07. The predicted molar refractivity (Wildman–Crippen MR) is 116 cm³/mol. The number of nitrogens with one attached hydrogen (secondary N) is 2. The highest BCUT2D eigenvalue weighted by molar-refractivity contribution is 7.18. The number of aryl methyl sites for hydroxylation is 3. The molecular formula is C21H23N3O2S2. The molecule has 0 saturated carbocycles. The molecule has 0 aliphatic rings. The van der Waals surface area contributed by atoms with Crippen LogP contribution in [0.5, 0.6) is 0 Å². The molecule has 2 aromatic heterocycles. The number of hydrogen-bond acceptors (Lipinski definition) is 5. The second kappa shape index (κ2) is 9.12. The van der Waals surface area contributed by atoms with Gasteiger partial charge in [0.1, 0.15) is 0 Å². The van der Waals surface area contributed by atoms with Crippen molar-refractivity contribution in [2.45, 2.75) is 40.2 Å². The van der Waals surface area contributed by atoms with Gasteiger partial charge in [0.2, 0.25) is 11.8 Å². The third kappa shape index (κ3) is 5.50. The largest absolute Gasteiger partial charge is 0.351 e. The smallest absolute Gasteiger partial charge is 0.226 e. The number of carbonyl (C=O) groups is 2. The average Bonchev–Trinajstić information content (AvgIpc) is 3.26. The zero-order chi connectivity index (χ0) is 20.1. The first-order valence-corrected chi connectivity index (χ1v) is 10.7. The van der Waals surface area contributed by atoms with Crippen LogP contribution in [0.1, 0.15) is 34.2 Å². The van der Waals surface area contributed by atoms with Crippen molar-refractivity contribution < 1.29 is 9.59 Å². The van der Waals surface area contributed by atoms with Crippen molar-refractivity contribution in [2.24, 2.45) is 0 Å². The molecule has 7 heteroatoms. The van der Waals surface area contributed by atoms with Gasteiger partial charge in [-0.3, -0.25) is 9.59 Å². The summed E-state index contributed by atoms with van der Waals surface area (Å²) in [6.07, 6.45) is 1.14. The Labute approximate surface area is 172 Å². The minimum atomic E-state index is -0.0459. The van der Waals surface area contributed by atoms with Crippen LogP contribution in [0.4, 0.5) is 5.13 Å². The normalized spacial score (nSPS) is 10.7. The zero-order valence-corrected chi connectivity index (χ0v) is 17.8. The van der Waals surface area contributed by atoms with Crippen molar-refractivity contribution in [1.29, 1.82) is 0 Å². The van der Waals surface area contributed by atoms with Crippen LogP contribution in [0.25, 0.3) is 10.6 Å². The number of benzene rings is 1. The number of rotatable bonds is 7. The molecule has 0 saturated heterocycles. The minimum absolute atomic E-state index is 0.0293. The lowest BCUT2D eigenvalue weighted by atomic mass is 10.1. The molecule has 0 radical (unpaired) electrons. The van der Waals surface area contributed by atoms with E-state index in [9.17, 15) is 9.59 Å². The number of nitrogens with zero attached hydrogens (tertiary/aromatic N) is 1. The second-order valence-electron chi connectivity index (χ2n) is 6.63. The van der Waals surface area contributed by atoms with E-state index in [1.807, 2.05) is 19.1 Å². The fraction of sp³-hybridized carbons (Fsp3) is 0.286. The standard InChI is InChI=1S/C21H23N3O2S2/c1-13-4-6-16(7-5-13)8-11-19(26)23-21-24-20(14(2)27-21)18-10-9-17(28-18)12-22-15(3)25/h4-7,9-10H,8,11-12H2,1-3H3,(H,22,25)(H,23,24,26). The monoisotopic (exact) mass is 413 g/mol. The molecule has 0 aliphatic carbocycles. The minimum Gasteiger partial charge on any atom is -0.351 e. The van der Waals surface area contributed by atoms with E-state index >= 15 is 0 Å². The molecule has 3 rings (SSSR count). The van der Waals surface area contributed by atoms with Gasteiger partial charge in [-0.25, -0.2) is 4.98 Å². The number of hydrogen-bond donors (Lipinski definition) is 2. The van der Waals surface area contributed by atoms with Crippen LogP contribution in [0, 0.1) is 13.8 Å². The molecule has 1 aromatic carbocycles. The summed E-state index contributed by atoms with van der Waals surface area (Å²) >= 11 is 3.08. The molecule has 3 aromatic rings. The molecule has 0 atom stereocenters. The van der Waals surface area contributed by atoms with Crippen molar-refractivity contribution in [1.82, 2.24) is 10.3 Å². The molecule has 0 spiro atoms. The van der Waals surface area contributed by atoms with Gasteiger partial charge in [0, 0.05) is 23.1 Å². The second-order valence-corrected chi connectivity index (χ2v) is 9.00. The van der Waals surface area contributed by atoms with E-state index in [1.165, 1.54) is 23.8 Å². The predicted octanol–water partition coefficient (Wildman–Crippen LogP) is 4.70. The highest BCUT2D eigenvalue weighted by Crippen LogP contribution is 2.34. The summed E-state index contributed by atoms with van der Waals surface area (Å²) in [7, 11) is 0. The van der Waals surface area contributed by atoms with Gasteiger partial charge in [-0.15, -0.1) is 22.7 Å². The Morgan fingerprint density at radius 1 is 1.04 bits per heavy atom. The number of thiazole rings is 1. The summed E-state index contributed by atoms with van der Waals surface area (Å²) in [5, 5.41) is 6.34.